The normalized spacial score (nSPS) is 29.2. The van der Waals surface area contributed by atoms with Crippen LogP contribution in [0.4, 0.5) is 0 Å². The summed E-state index contributed by atoms with van der Waals surface area (Å²) in [7, 11) is 0. The molecule has 0 bridgehead atoms. The number of likely N-dealkylation sites (tertiary alicyclic amines) is 2. The average molecular weight is 339 g/mol. The monoisotopic (exact) mass is 338 g/mol. The lowest BCUT2D eigenvalue weighted by molar-refractivity contribution is 0.105. The van der Waals surface area contributed by atoms with Crippen LogP contribution in [0.1, 0.15) is 73.1 Å². The topological polar surface area (TPSA) is 44.5 Å². The summed E-state index contributed by atoms with van der Waals surface area (Å²) in [5.74, 6) is 0. The van der Waals surface area contributed by atoms with Crippen LogP contribution in [-0.4, -0.2) is 65.7 Å². The summed E-state index contributed by atoms with van der Waals surface area (Å²) >= 11 is 0. The van der Waals surface area contributed by atoms with Gasteiger partial charge in [0.1, 0.15) is 0 Å². The third kappa shape index (κ3) is 5.98. The van der Waals surface area contributed by atoms with Crippen LogP contribution >= 0.6 is 0 Å². The lowest BCUT2D eigenvalue weighted by Crippen LogP contribution is -2.55. The molecule has 3 N–H and O–H groups in total. The van der Waals surface area contributed by atoms with Crippen LogP contribution in [0.5, 0.6) is 0 Å². The van der Waals surface area contributed by atoms with Gasteiger partial charge in [-0.3, -0.25) is 9.80 Å². The molecule has 2 unspecified atom stereocenters. The number of nitrogens with one attached hydrogen (secondary N) is 1. The number of rotatable bonds is 4. The molecule has 142 valence electrons. The number of nitrogens with zero attached hydrogens (tertiary/aromatic N) is 2. The van der Waals surface area contributed by atoms with Crippen molar-refractivity contribution in [1.82, 2.24) is 15.1 Å². The first-order valence-electron chi connectivity index (χ1n) is 10.2. The van der Waals surface area contributed by atoms with E-state index in [1.807, 2.05) is 0 Å². The van der Waals surface area contributed by atoms with Crippen molar-refractivity contribution in [2.24, 2.45) is 5.73 Å². The van der Waals surface area contributed by atoms with E-state index < -0.39 is 0 Å². The second kappa shape index (κ2) is 8.48. The molecule has 2 aliphatic rings. The molecule has 0 aromatic heterocycles. The minimum Gasteiger partial charge on any atom is -0.328 e. The highest BCUT2D eigenvalue weighted by Gasteiger charge is 2.31. The fourth-order valence-corrected chi connectivity index (χ4v) is 4.15. The Morgan fingerprint density at radius 1 is 0.875 bits per heavy atom. The second-order valence-electron chi connectivity index (χ2n) is 9.68. The van der Waals surface area contributed by atoms with Gasteiger partial charge in [-0.05, 0) is 79.8 Å². The van der Waals surface area contributed by atoms with Gasteiger partial charge in [0.2, 0.25) is 0 Å². The van der Waals surface area contributed by atoms with Gasteiger partial charge in [-0.2, -0.15) is 0 Å². The third-order valence-corrected chi connectivity index (χ3v) is 6.07. The summed E-state index contributed by atoms with van der Waals surface area (Å²) < 4.78 is 0. The number of hydrogen-bond donors (Lipinski definition) is 2. The van der Waals surface area contributed by atoms with Gasteiger partial charge in [-0.15, -0.1) is 0 Å². The predicted octanol–water partition coefficient (Wildman–Crippen LogP) is 2.82. The van der Waals surface area contributed by atoms with Gasteiger partial charge in [-0.25, -0.2) is 0 Å². The van der Waals surface area contributed by atoms with E-state index in [0.29, 0.717) is 12.1 Å². The maximum Gasteiger partial charge on any atom is 0.0277 e. The zero-order valence-corrected chi connectivity index (χ0v) is 16.9. The molecule has 4 heteroatoms. The summed E-state index contributed by atoms with van der Waals surface area (Å²) in [6, 6.07) is 1.03. The summed E-state index contributed by atoms with van der Waals surface area (Å²) in [6.07, 6.45) is 7.57. The highest BCUT2D eigenvalue weighted by Crippen LogP contribution is 2.22. The largest absolute Gasteiger partial charge is 0.328 e. The maximum absolute atomic E-state index is 6.16. The Morgan fingerprint density at radius 2 is 1.58 bits per heavy atom. The van der Waals surface area contributed by atoms with Crippen LogP contribution < -0.4 is 11.1 Å². The van der Waals surface area contributed by atoms with E-state index in [1.54, 1.807) is 0 Å². The van der Waals surface area contributed by atoms with Crippen molar-refractivity contribution in [2.75, 3.05) is 32.7 Å². The number of hydrogen-bond acceptors (Lipinski definition) is 4. The maximum atomic E-state index is 6.16. The zero-order chi connectivity index (χ0) is 17.8. The molecule has 0 radical (unpaired) electrons. The van der Waals surface area contributed by atoms with Crippen molar-refractivity contribution in [2.45, 2.75) is 96.3 Å². The standard InChI is InChI=1S/C20H42N4/c1-19(2,3)24-12-7-6-10-18(15-24)22-16-20(4,5)23-13-8-9-17(21)11-14-23/h17-18,22H,6-16,21H2,1-5H3. The van der Waals surface area contributed by atoms with E-state index in [-0.39, 0.29) is 11.1 Å². The fourth-order valence-electron chi connectivity index (χ4n) is 4.15. The number of nitrogens with two attached hydrogens (primary N) is 1. The van der Waals surface area contributed by atoms with Gasteiger partial charge in [-0.1, -0.05) is 6.42 Å². The minimum absolute atomic E-state index is 0.211. The molecule has 0 aliphatic carbocycles. The lowest BCUT2D eigenvalue weighted by atomic mass is 10.0. The molecule has 0 saturated carbocycles. The minimum atomic E-state index is 0.211. The Bertz CT molecular complexity index is 374. The van der Waals surface area contributed by atoms with E-state index in [2.05, 4.69) is 49.7 Å². The third-order valence-electron chi connectivity index (χ3n) is 6.07. The molecule has 24 heavy (non-hydrogen) atoms. The Kier molecular flexibility index (Phi) is 7.12. The predicted molar refractivity (Wildman–Crippen MR) is 104 cm³/mol. The molecular formula is C20H42N4. The molecule has 2 fully saturated rings. The average Bonchev–Trinajstić information content (AvgIpc) is 2.85. The van der Waals surface area contributed by atoms with Gasteiger partial charge in [0.15, 0.2) is 0 Å². The van der Waals surface area contributed by atoms with Crippen molar-refractivity contribution >= 4 is 0 Å². The summed E-state index contributed by atoms with van der Waals surface area (Å²) in [5, 5.41) is 3.92. The van der Waals surface area contributed by atoms with Crippen LogP contribution in [-0.2, 0) is 0 Å². The van der Waals surface area contributed by atoms with Gasteiger partial charge < -0.3 is 11.1 Å². The molecule has 2 rings (SSSR count). The fraction of sp³-hybridized carbons (Fsp3) is 1.00. The molecule has 0 aromatic rings. The van der Waals surface area contributed by atoms with Gasteiger partial charge in [0.25, 0.3) is 0 Å². The molecule has 0 spiro atoms. The molecule has 2 atom stereocenters. The molecule has 0 aromatic carbocycles. The SMILES string of the molecule is CC(C)(C)N1CCCCC(NCC(C)(C)N2CCCC(N)CC2)C1. The Labute approximate surface area is 150 Å². The second-order valence-corrected chi connectivity index (χ2v) is 9.68. The first-order chi connectivity index (χ1) is 11.2. The zero-order valence-electron chi connectivity index (χ0n) is 16.9. The van der Waals surface area contributed by atoms with E-state index in [0.717, 1.165) is 19.5 Å². The molecular weight excluding hydrogens is 296 g/mol. The summed E-state index contributed by atoms with van der Waals surface area (Å²) in [6.45, 7) is 17.7. The van der Waals surface area contributed by atoms with Crippen molar-refractivity contribution in [1.29, 1.82) is 0 Å². The first kappa shape index (κ1) is 20.2. The lowest BCUT2D eigenvalue weighted by Gasteiger charge is -2.41. The van der Waals surface area contributed by atoms with Gasteiger partial charge in [0.05, 0.1) is 0 Å². The molecule has 0 amide bonds. The first-order valence-corrected chi connectivity index (χ1v) is 10.2. The summed E-state index contributed by atoms with van der Waals surface area (Å²) in [5.41, 5.74) is 6.65. The Balaban J connectivity index is 1.87. The molecule has 2 aliphatic heterocycles. The Hall–Kier alpha value is -0.160. The van der Waals surface area contributed by atoms with Crippen molar-refractivity contribution in [3.8, 4) is 0 Å². The van der Waals surface area contributed by atoms with Gasteiger partial charge >= 0.3 is 0 Å². The quantitative estimate of drug-likeness (QED) is 0.827. The van der Waals surface area contributed by atoms with Crippen molar-refractivity contribution in [3.63, 3.8) is 0 Å². The summed E-state index contributed by atoms with van der Waals surface area (Å²) in [4.78, 5) is 5.32. The van der Waals surface area contributed by atoms with Crippen molar-refractivity contribution in [3.05, 3.63) is 0 Å². The van der Waals surface area contributed by atoms with E-state index in [9.17, 15) is 0 Å². The molecule has 2 saturated heterocycles. The highest BCUT2D eigenvalue weighted by atomic mass is 15.2. The van der Waals surface area contributed by atoms with Crippen molar-refractivity contribution < 1.29 is 0 Å². The van der Waals surface area contributed by atoms with Crippen LogP contribution in [0, 0.1) is 0 Å². The van der Waals surface area contributed by atoms with Crippen LogP contribution in [0.2, 0.25) is 0 Å². The van der Waals surface area contributed by atoms with E-state index >= 15 is 0 Å². The van der Waals surface area contributed by atoms with E-state index in [4.69, 9.17) is 5.73 Å². The highest BCUT2D eigenvalue weighted by molar-refractivity contribution is 4.90. The van der Waals surface area contributed by atoms with Crippen LogP contribution in [0.15, 0.2) is 0 Å². The van der Waals surface area contributed by atoms with Crippen LogP contribution in [0.25, 0.3) is 0 Å². The Morgan fingerprint density at radius 3 is 2.29 bits per heavy atom. The smallest absolute Gasteiger partial charge is 0.0277 e. The molecule has 2 heterocycles. The van der Waals surface area contributed by atoms with E-state index in [1.165, 1.54) is 51.7 Å². The van der Waals surface area contributed by atoms with Crippen LogP contribution in [0.3, 0.4) is 0 Å². The van der Waals surface area contributed by atoms with Gasteiger partial charge in [0, 0.05) is 42.8 Å². The molecule has 4 nitrogen and oxygen atoms in total.